The third kappa shape index (κ3) is 8.32. The topological polar surface area (TPSA) is 93.5 Å². The van der Waals surface area contributed by atoms with Crippen molar-refractivity contribution in [2.75, 3.05) is 25.0 Å². The number of nitrogens with two attached hydrogens (primary N) is 1. The molecule has 0 spiro atoms. The highest BCUT2D eigenvalue weighted by Crippen LogP contribution is 2.21. The number of alkyl halides is 3. The molecule has 2 amide bonds. The zero-order valence-electron chi connectivity index (χ0n) is 11.3. The van der Waals surface area contributed by atoms with Crippen molar-refractivity contribution in [2.45, 2.75) is 6.18 Å². The molecule has 4 N–H and O–H groups in total. The van der Waals surface area contributed by atoms with Gasteiger partial charge in [-0.1, -0.05) is 6.07 Å². The van der Waals surface area contributed by atoms with E-state index in [1.807, 2.05) is 0 Å². The van der Waals surface area contributed by atoms with Gasteiger partial charge in [-0.25, -0.2) is 0 Å². The summed E-state index contributed by atoms with van der Waals surface area (Å²) >= 11 is 0. The summed E-state index contributed by atoms with van der Waals surface area (Å²) in [4.78, 5) is 22.3. The minimum Gasteiger partial charge on any atom is -0.484 e. The van der Waals surface area contributed by atoms with Crippen LogP contribution in [0.2, 0.25) is 0 Å². The Labute approximate surface area is 130 Å². The van der Waals surface area contributed by atoms with E-state index in [4.69, 9.17) is 5.73 Å². The average Bonchev–Trinajstić information content (AvgIpc) is 2.42. The Balaban J connectivity index is 0.00000441. The van der Waals surface area contributed by atoms with E-state index in [1.54, 1.807) is 0 Å². The second-order valence-electron chi connectivity index (χ2n) is 3.96. The highest BCUT2D eigenvalue weighted by atomic mass is 35.5. The van der Waals surface area contributed by atoms with Crippen molar-refractivity contribution in [3.63, 3.8) is 0 Å². The standard InChI is InChI=1S/C12H14F3N3O3.ClH/c13-12(14,15)7-21-9-3-1-2-8(4-9)18-11(20)6-17-10(19)5-16;/h1-4H,5-7,16H2,(H,17,19)(H,18,20);1H. The lowest BCUT2D eigenvalue weighted by Crippen LogP contribution is -2.36. The number of anilines is 1. The number of hydrogen-bond acceptors (Lipinski definition) is 4. The zero-order valence-corrected chi connectivity index (χ0v) is 12.1. The van der Waals surface area contributed by atoms with Crippen LogP contribution in [0.25, 0.3) is 0 Å². The Bertz CT molecular complexity index is 512. The molecule has 0 unspecified atom stereocenters. The number of ether oxygens (including phenoxy) is 1. The third-order valence-corrected chi connectivity index (χ3v) is 2.15. The third-order valence-electron chi connectivity index (χ3n) is 2.15. The fourth-order valence-electron chi connectivity index (χ4n) is 1.29. The second-order valence-corrected chi connectivity index (χ2v) is 3.96. The summed E-state index contributed by atoms with van der Waals surface area (Å²) in [5.41, 5.74) is 5.30. The van der Waals surface area contributed by atoms with Crippen molar-refractivity contribution in [1.29, 1.82) is 0 Å². The van der Waals surface area contributed by atoms with Crippen molar-refractivity contribution in [2.24, 2.45) is 5.73 Å². The smallest absolute Gasteiger partial charge is 0.422 e. The first-order valence-corrected chi connectivity index (χ1v) is 5.86. The van der Waals surface area contributed by atoms with Crippen molar-refractivity contribution < 1.29 is 27.5 Å². The van der Waals surface area contributed by atoms with E-state index in [0.717, 1.165) is 0 Å². The molecule has 1 rings (SSSR count). The number of rotatable bonds is 6. The zero-order chi connectivity index (χ0) is 15.9. The first-order valence-electron chi connectivity index (χ1n) is 5.86. The summed E-state index contributed by atoms with van der Waals surface area (Å²) in [5, 5.41) is 4.66. The van der Waals surface area contributed by atoms with Gasteiger partial charge in [-0.05, 0) is 12.1 Å². The maximum absolute atomic E-state index is 12.0. The molecule has 0 atom stereocenters. The molecule has 0 heterocycles. The maximum atomic E-state index is 12.0. The maximum Gasteiger partial charge on any atom is 0.422 e. The lowest BCUT2D eigenvalue weighted by molar-refractivity contribution is -0.153. The lowest BCUT2D eigenvalue weighted by atomic mass is 10.3. The quantitative estimate of drug-likeness (QED) is 0.721. The summed E-state index contributed by atoms with van der Waals surface area (Å²) in [6.07, 6.45) is -4.44. The monoisotopic (exact) mass is 341 g/mol. The minimum atomic E-state index is -4.44. The molecular formula is C12H15ClF3N3O3. The summed E-state index contributed by atoms with van der Waals surface area (Å²) < 4.78 is 40.6. The molecule has 0 aliphatic rings. The molecule has 0 saturated carbocycles. The van der Waals surface area contributed by atoms with Gasteiger partial charge in [-0.3, -0.25) is 9.59 Å². The van der Waals surface area contributed by atoms with Crippen LogP contribution in [0.15, 0.2) is 24.3 Å². The van der Waals surface area contributed by atoms with Gasteiger partial charge in [0.15, 0.2) is 6.61 Å². The largest absolute Gasteiger partial charge is 0.484 e. The number of hydrogen-bond donors (Lipinski definition) is 3. The van der Waals surface area contributed by atoms with Gasteiger partial charge < -0.3 is 21.1 Å². The normalized spacial score (nSPS) is 10.4. The molecule has 0 fully saturated rings. The van der Waals surface area contributed by atoms with Gasteiger partial charge in [0.05, 0.1) is 13.1 Å². The molecule has 0 bridgehead atoms. The molecule has 10 heteroatoms. The van der Waals surface area contributed by atoms with Gasteiger partial charge in [-0.2, -0.15) is 13.2 Å². The van der Waals surface area contributed by atoms with Crippen LogP contribution in [0.1, 0.15) is 0 Å². The van der Waals surface area contributed by atoms with E-state index in [-0.39, 0.29) is 36.9 Å². The first-order chi connectivity index (χ1) is 9.80. The van der Waals surface area contributed by atoms with Gasteiger partial charge >= 0.3 is 6.18 Å². The van der Waals surface area contributed by atoms with Crippen molar-refractivity contribution >= 4 is 29.9 Å². The minimum absolute atomic E-state index is 0. The molecule has 0 radical (unpaired) electrons. The van der Waals surface area contributed by atoms with Crippen LogP contribution in [-0.2, 0) is 9.59 Å². The van der Waals surface area contributed by atoms with E-state index in [0.29, 0.717) is 0 Å². The molecule has 0 aliphatic heterocycles. The SMILES string of the molecule is Cl.NCC(=O)NCC(=O)Nc1cccc(OCC(F)(F)F)c1. The molecule has 1 aromatic rings. The molecule has 6 nitrogen and oxygen atoms in total. The van der Waals surface area contributed by atoms with E-state index in [2.05, 4.69) is 15.4 Å². The van der Waals surface area contributed by atoms with Crippen molar-refractivity contribution in [3.8, 4) is 5.75 Å². The number of amides is 2. The predicted octanol–water partition coefficient (Wildman–Crippen LogP) is 1.06. The fourth-order valence-corrected chi connectivity index (χ4v) is 1.29. The van der Waals surface area contributed by atoms with Crippen LogP contribution in [0.3, 0.4) is 0 Å². The number of carbonyl (C=O) groups is 2. The van der Waals surface area contributed by atoms with Gasteiger partial charge in [0.1, 0.15) is 5.75 Å². The van der Waals surface area contributed by atoms with Gasteiger partial charge in [0, 0.05) is 11.8 Å². The molecule has 22 heavy (non-hydrogen) atoms. The summed E-state index contributed by atoms with van der Waals surface area (Å²) in [5.74, 6) is -1.06. The van der Waals surface area contributed by atoms with E-state index < -0.39 is 24.6 Å². The number of nitrogens with one attached hydrogen (secondary N) is 2. The molecule has 0 aromatic heterocycles. The van der Waals surface area contributed by atoms with Crippen LogP contribution < -0.4 is 21.1 Å². The number of carbonyl (C=O) groups excluding carboxylic acids is 2. The summed E-state index contributed by atoms with van der Waals surface area (Å²) in [6, 6.07) is 5.48. The Hall–Kier alpha value is -2.00. The predicted molar refractivity (Wildman–Crippen MR) is 75.9 cm³/mol. The average molecular weight is 342 g/mol. The van der Waals surface area contributed by atoms with E-state index >= 15 is 0 Å². The highest BCUT2D eigenvalue weighted by molar-refractivity contribution is 5.94. The molecule has 124 valence electrons. The molecule has 0 aliphatic carbocycles. The van der Waals surface area contributed by atoms with Crippen LogP contribution in [0.5, 0.6) is 5.75 Å². The number of halogens is 4. The highest BCUT2D eigenvalue weighted by Gasteiger charge is 2.28. The van der Waals surface area contributed by atoms with E-state index in [9.17, 15) is 22.8 Å². The van der Waals surface area contributed by atoms with Crippen LogP contribution >= 0.6 is 12.4 Å². The van der Waals surface area contributed by atoms with Crippen LogP contribution in [-0.4, -0.2) is 37.7 Å². The lowest BCUT2D eigenvalue weighted by Gasteiger charge is -2.11. The van der Waals surface area contributed by atoms with Crippen LogP contribution in [0.4, 0.5) is 18.9 Å². The van der Waals surface area contributed by atoms with Gasteiger partial charge in [-0.15, -0.1) is 12.4 Å². The number of benzene rings is 1. The van der Waals surface area contributed by atoms with Gasteiger partial charge in [0.25, 0.3) is 0 Å². The van der Waals surface area contributed by atoms with Crippen molar-refractivity contribution in [1.82, 2.24) is 5.32 Å². The van der Waals surface area contributed by atoms with Gasteiger partial charge in [0.2, 0.25) is 11.8 Å². The molecular weight excluding hydrogens is 327 g/mol. The molecule has 0 saturated heterocycles. The van der Waals surface area contributed by atoms with E-state index in [1.165, 1.54) is 24.3 Å². The van der Waals surface area contributed by atoms with Crippen molar-refractivity contribution in [3.05, 3.63) is 24.3 Å². The Morgan fingerprint density at radius 2 is 1.91 bits per heavy atom. The second kappa shape index (κ2) is 9.11. The molecule has 1 aromatic carbocycles. The first kappa shape index (κ1) is 20.0. The Morgan fingerprint density at radius 1 is 1.23 bits per heavy atom. The van der Waals surface area contributed by atoms with Crippen LogP contribution in [0, 0.1) is 0 Å². The fraction of sp³-hybridized carbons (Fsp3) is 0.333. The summed E-state index contributed by atoms with van der Waals surface area (Å²) in [7, 11) is 0. The summed E-state index contributed by atoms with van der Waals surface area (Å²) in [6.45, 7) is -1.95. The Morgan fingerprint density at radius 3 is 2.50 bits per heavy atom. The Kier molecular flexibility index (Phi) is 8.28.